The number of esters is 1. The second-order valence-electron chi connectivity index (χ2n) is 12.0. The summed E-state index contributed by atoms with van der Waals surface area (Å²) in [4.78, 5) is 22.1. The molecule has 2 saturated heterocycles. The number of imidazole rings is 1. The molecule has 0 aliphatic carbocycles. The van der Waals surface area contributed by atoms with Crippen molar-refractivity contribution in [2.45, 2.75) is 51.2 Å². The number of hydrogen-bond donors (Lipinski definition) is 1. The van der Waals surface area contributed by atoms with E-state index in [0.717, 1.165) is 56.1 Å². The lowest BCUT2D eigenvalue weighted by Crippen LogP contribution is -2.62. The van der Waals surface area contributed by atoms with Crippen molar-refractivity contribution in [1.29, 1.82) is 5.26 Å². The van der Waals surface area contributed by atoms with Gasteiger partial charge >= 0.3 is 5.97 Å². The molecule has 0 spiro atoms. The predicted molar refractivity (Wildman–Crippen MR) is 168 cm³/mol. The Labute approximate surface area is 267 Å². The van der Waals surface area contributed by atoms with Gasteiger partial charge in [-0.3, -0.25) is 9.80 Å². The number of nitriles is 1. The highest BCUT2D eigenvalue weighted by Gasteiger charge is 2.38. The zero-order chi connectivity index (χ0) is 32.4. The van der Waals surface area contributed by atoms with Crippen LogP contribution in [0.3, 0.4) is 0 Å². The van der Waals surface area contributed by atoms with E-state index in [-0.39, 0.29) is 30.3 Å². The topological polar surface area (TPSA) is 114 Å². The molecule has 0 saturated carbocycles. The Hall–Kier alpha value is -4.44. The Kier molecular flexibility index (Phi) is 8.99. The predicted octanol–water partition coefficient (Wildman–Crippen LogP) is 4.21. The SMILES string of the molecule is COC(=O)c1ccc2nc([C@H](C)N3CCN(C4(C)C=C(OC)C=C(OCc5ccc(C#N)cc5F)N4)CC3)n(C[C@@H]3CCO3)c2c1. The minimum Gasteiger partial charge on any atom is -0.497 e. The normalized spacial score (nSPS) is 22.6. The number of methoxy groups -OCH3 is 2. The number of rotatable bonds is 10. The van der Waals surface area contributed by atoms with Crippen molar-refractivity contribution in [1.82, 2.24) is 24.7 Å². The first-order valence-electron chi connectivity index (χ1n) is 15.5. The zero-order valence-corrected chi connectivity index (χ0v) is 26.6. The quantitative estimate of drug-likeness (QED) is 0.327. The highest BCUT2D eigenvalue weighted by atomic mass is 19.1. The fourth-order valence-corrected chi connectivity index (χ4v) is 6.29. The Bertz CT molecular complexity index is 1720. The van der Waals surface area contributed by atoms with E-state index in [2.05, 4.69) is 33.5 Å². The van der Waals surface area contributed by atoms with Crippen LogP contribution in [0, 0.1) is 17.1 Å². The minimum absolute atomic E-state index is 0.00274. The van der Waals surface area contributed by atoms with Crippen LogP contribution >= 0.6 is 0 Å². The molecule has 1 unspecified atom stereocenters. The molecule has 6 rings (SSSR count). The summed E-state index contributed by atoms with van der Waals surface area (Å²) >= 11 is 0. The Balaban J connectivity index is 1.15. The Morgan fingerprint density at radius 2 is 2.00 bits per heavy atom. The summed E-state index contributed by atoms with van der Waals surface area (Å²) in [6.07, 6.45) is 4.90. The Morgan fingerprint density at radius 3 is 2.65 bits per heavy atom. The molecule has 12 heteroatoms. The highest BCUT2D eigenvalue weighted by Crippen LogP contribution is 2.31. The van der Waals surface area contributed by atoms with Gasteiger partial charge in [0.05, 0.1) is 61.1 Å². The maximum atomic E-state index is 14.5. The molecule has 3 aliphatic rings. The monoisotopic (exact) mass is 630 g/mol. The maximum absolute atomic E-state index is 14.5. The van der Waals surface area contributed by atoms with Gasteiger partial charge in [-0.05, 0) is 56.7 Å². The first-order valence-corrected chi connectivity index (χ1v) is 15.5. The minimum atomic E-state index is -0.604. The number of fused-ring (bicyclic) bond motifs is 1. The van der Waals surface area contributed by atoms with Gasteiger partial charge in [-0.15, -0.1) is 0 Å². The standard InChI is InChI=1S/C34H39FN6O5/c1-22(32-37-29-8-7-24(33(42)44-4)16-30(29)41(32)20-26-9-14-45-26)39-10-12-40(13-11-39)34(2)18-27(43-3)17-31(38-34)46-21-25-6-5-23(19-36)15-28(25)35/h5-8,15-18,22,26,38H,9-14,20-21H2,1-4H3/t22-,26-,34?/m0/s1. The van der Waals surface area contributed by atoms with E-state index >= 15 is 0 Å². The number of halogens is 1. The molecule has 4 heterocycles. The maximum Gasteiger partial charge on any atom is 0.337 e. The van der Waals surface area contributed by atoms with Crippen LogP contribution < -0.4 is 5.32 Å². The van der Waals surface area contributed by atoms with E-state index in [1.54, 1.807) is 31.4 Å². The summed E-state index contributed by atoms with van der Waals surface area (Å²) in [6.45, 7) is 8.80. The average Bonchev–Trinajstić information content (AvgIpc) is 3.42. The van der Waals surface area contributed by atoms with Crippen LogP contribution in [0.2, 0.25) is 0 Å². The molecule has 2 aromatic carbocycles. The van der Waals surface area contributed by atoms with Gasteiger partial charge in [0.15, 0.2) is 5.88 Å². The summed E-state index contributed by atoms with van der Waals surface area (Å²) in [5.41, 5.74) is 2.25. The van der Waals surface area contributed by atoms with Crippen LogP contribution in [0.1, 0.15) is 53.6 Å². The molecule has 11 nitrogen and oxygen atoms in total. The summed E-state index contributed by atoms with van der Waals surface area (Å²) in [5.74, 6) is 1.20. The number of hydrogen-bond acceptors (Lipinski definition) is 10. The number of ether oxygens (including phenoxy) is 4. The first kappa shape index (κ1) is 31.5. The number of piperazine rings is 1. The second-order valence-corrected chi connectivity index (χ2v) is 12.0. The highest BCUT2D eigenvalue weighted by molar-refractivity contribution is 5.93. The zero-order valence-electron chi connectivity index (χ0n) is 26.6. The van der Waals surface area contributed by atoms with Crippen LogP contribution in [0.5, 0.6) is 0 Å². The largest absolute Gasteiger partial charge is 0.497 e. The van der Waals surface area contributed by atoms with Crippen molar-refractivity contribution in [3.63, 3.8) is 0 Å². The summed E-state index contributed by atoms with van der Waals surface area (Å²) in [5, 5.41) is 12.5. The lowest BCUT2D eigenvalue weighted by Gasteiger charge is -2.47. The number of nitrogens with one attached hydrogen (secondary N) is 1. The molecule has 46 heavy (non-hydrogen) atoms. The van der Waals surface area contributed by atoms with Crippen molar-refractivity contribution in [3.05, 3.63) is 88.5 Å². The number of carbonyl (C=O) groups excluding carboxylic acids is 1. The fourth-order valence-electron chi connectivity index (χ4n) is 6.29. The van der Waals surface area contributed by atoms with Crippen LogP contribution in [0.15, 0.2) is 60.2 Å². The van der Waals surface area contributed by atoms with E-state index in [1.807, 2.05) is 24.3 Å². The third-order valence-corrected chi connectivity index (χ3v) is 9.14. The molecule has 2 fully saturated rings. The van der Waals surface area contributed by atoms with Crippen LogP contribution in [0.25, 0.3) is 11.0 Å². The van der Waals surface area contributed by atoms with E-state index in [1.165, 1.54) is 13.2 Å². The van der Waals surface area contributed by atoms with E-state index < -0.39 is 11.5 Å². The molecule has 1 N–H and O–H groups in total. The first-order chi connectivity index (χ1) is 22.2. The number of carbonyl (C=O) groups is 1. The lowest BCUT2D eigenvalue weighted by molar-refractivity contribution is -0.0596. The molecule has 3 atom stereocenters. The van der Waals surface area contributed by atoms with Crippen LogP contribution in [0.4, 0.5) is 4.39 Å². The van der Waals surface area contributed by atoms with Gasteiger partial charge in [0.2, 0.25) is 0 Å². The van der Waals surface area contributed by atoms with E-state index in [9.17, 15) is 9.18 Å². The van der Waals surface area contributed by atoms with Gasteiger partial charge < -0.3 is 28.8 Å². The molecule has 0 bridgehead atoms. The smallest absolute Gasteiger partial charge is 0.337 e. The second kappa shape index (κ2) is 13.1. The summed E-state index contributed by atoms with van der Waals surface area (Å²) in [6, 6.07) is 11.8. The van der Waals surface area contributed by atoms with Gasteiger partial charge in [0.25, 0.3) is 0 Å². The number of benzene rings is 2. The molecular formula is C34H39FN6O5. The van der Waals surface area contributed by atoms with Gasteiger partial charge in [-0.25, -0.2) is 14.2 Å². The third-order valence-electron chi connectivity index (χ3n) is 9.14. The van der Waals surface area contributed by atoms with Crippen molar-refractivity contribution in [2.75, 3.05) is 47.0 Å². The number of nitrogens with zero attached hydrogens (tertiary/aromatic N) is 5. The molecule has 0 amide bonds. The van der Waals surface area contributed by atoms with E-state index in [4.69, 9.17) is 29.2 Å². The lowest BCUT2D eigenvalue weighted by atomic mass is 10.0. The molecule has 0 radical (unpaired) electrons. The van der Waals surface area contributed by atoms with Crippen molar-refractivity contribution >= 4 is 17.0 Å². The Morgan fingerprint density at radius 1 is 1.22 bits per heavy atom. The van der Waals surface area contributed by atoms with Crippen LogP contribution in [-0.2, 0) is 32.1 Å². The van der Waals surface area contributed by atoms with E-state index in [0.29, 0.717) is 29.3 Å². The van der Waals surface area contributed by atoms with Gasteiger partial charge in [0.1, 0.15) is 29.7 Å². The van der Waals surface area contributed by atoms with Crippen LogP contribution in [-0.4, -0.2) is 84.1 Å². The number of aromatic nitrogens is 2. The number of allylic oxidation sites excluding steroid dienone is 1. The summed E-state index contributed by atoms with van der Waals surface area (Å²) < 4.78 is 39.0. The summed E-state index contributed by atoms with van der Waals surface area (Å²) in [7, 11) is 3.00. The van der Waals surface area contributed by atoms with Crippen molar-refractivity contribution < 1.29 is 28.1 Å². The molecule has 3 aromatic rings. The molecular weight excluding hydrogens is 591 g/mol. The van der Waals surface area contributed by atoms with Gasteiger partial charge in [0, 0.05) is 44.4 Å². The van der Waals surface area contributed by atoms with Gasteiger partial charge in [-0.1, -0.05) is 6.07 Å². The molecule has 1 aromatic heterocycles. The number of dihydropyridines is 1. The molecule has 3 aliphatic heterocycles. The third kappa shape index (κ3) is 6.31. The van der Waals surface area contributed by atoms with Crippen molar-refractivity contribution in [3.8, 4) is 6.07 Å². The molecule has 242 valence electrons. The fraction of sp³-hybridized carbons (Fsp3) is 0.441. The average molecular weight is 631 g/mol. The van der Waals surface area contributed by atoms with Gasteiger partial charge in [-0.2, -0.15) is 5.26 Å². The van der Waals surface area contributed by atoms with Crippen molar-refractivity contribution in [2.24, 2.45) is 0 Å².